The van der Waals surface area contributed by atoms with Gasteiger partial charge in [-0.25, -0.2) is 0 Å². The van der Waals surface area contributed by atoms with Crippen LogP contribution in [-0.4, -0.2) is 5.71 Å². The Morgan fingerprint density at radius 3 is 2.17 bits per heavy atom. The minimum atomic E-state index is 0.669. The van der Waals surface area contributed by atoms with Gasteiger partial charge in [-0.2, -0.15) is 0 Å². The third kappa shape index (κ3) is 3.91. The highest BCUT2D eigenvalue weighted by molar-refractivity contribution is 5.97. The number of anilines is 1. The molecule has 0 unspecified atom stereocenters. The van der Waals surface area contributed by atoms with Crippen molar-refractivity contribution in [1.29, 1.82) is 5.41 Å². The molecule has 3 heteroatoms. The third-order valence-electron chi connectivity index (χ3n) is 2.98. The van der Waals surface area contributed by atoms with Crippen LogP contribution in [-0.2, 0) is 0 Å². The summed E-state index contributed by atoms with van der Waals surface area (Å²) in [6.07, 6.45) is 0.758. The predicted molar refractivity (Wildman–Crippen MR) is 79.1 cm³/mol. The molecule has 1 rings (SSSR count). The standard InChI is InChI=1S/C15H23N3/c1-6-15(16)12(4)13(5)17-18-14-8-10(2)7-11(3)9-14/h7-9,16-18H,6H2,1-5H3. The molecule has 0 amide bonds. The Bertz CT molecular complexity index is 452. The van der Waals surface area contributed by atoms with E-state index >= 15 is 0 Å². The van der Waals surface area contributed by atoms with E-state index in [9.17, 15) is 0 Å². The average Bonchev–Trinajstić information content (AvgIpc) is 2.32. The number of nitrogens with one attached hydrogen (secondary N) is 3. The van der Waals surface area contributed by atoms with Crippen LogP contribution in [0.15, 0.2) is 29.5 Å². The van der Waals surface area contributed by atoms with Gasteiger partial charge in [0, 0.05) is 11.4 Å². The maximum absolute atomic E-state index is 7.80. The van der Waals surface area contributed by atoms with E-state index in [1.54, 1.807) is 0 Å². The molecule has 0 saturated carbocycles. The fourth-order valence-corrected chi connectivity index (χ4v) is 1.80. The smallest absolute Gasteiger partial charge is 0.0545 e. The van der Waals surface area contributed by atoms with Crippen LogP contribution < -0.4 is 10.9 Å². The molecule has 0 aromatic heterocycles. The maximum atomic E-state index is 7.80. The van der Waals surface area contributed by atoms with Crippen molar-refractivity contribution in [2.75, 3.05) is 5.43 Å². The highest BCUT2D eigenvalue weighted by Gasteiger charge is 2.02. The van der Waals surface area contributed by atoms with Crippen LogP contribution in [0.25, 0.3) is 0 Å². The lowest BCUT2D eigenvalue weighted by atomic mass is 10.1. The van der Waals surface area contributed by atoms with E-state index in [1.165, 1.54) is 11.1 Å². The van der Waals surface area contributed by atoms with Gasteiger partial charge >= 0.3 is 0 Å². The Labute approximate surface area is 110 Å². The first kappa shape index (κ1) is 14.3. The van der Waals surface area contributed by atoms with Crippen LogP contribution in [0.1, 0.15) is 38.3 Å². The SMILES string of the molecule is CCC(=N)C(C)=C(C)NNc1cc(C)cc(C)c1. The van der Waals surface area contributed by atoms with Crippen LogP contribution in [0, 0.1) is 19.3 Å². The Hall–Kier alpha value is -1.77. The zero-order valence-electron chi connectivity index (χ0n) is 11.9. The fourth-order valence-electron chi connectivity index (χ4n) is 1.80. The molecule has 1 aromatic carbocycles. The summed E-state index contributed by atoms with van der Waals surface area (Å²) in [6, 6.07) is 6.33. The van der Waals surface area contributed by atoms with Crippen molar-refractivity contribution in [3.05, 3.63) is 40.6 Å². The van der Waals surface area contributed by atoms with Crippen LogP contribution in [0.2, 0.25) is 0 Å². The molecule has 0 aliphatic carbocycles. The first-order valence-electron chi connectivity index (χ1n) is 6.29. The molecule has 18 heavy (non-hydrogen) atoms. The zero-order valence-corrected chi connectivity index (χ0v) is 11.9. The fraction of sp³-hybridized carbons (Fsp3) is 0.400. The van der Waals surface area contributed by atoms with Gasteiger partial charge in [0.15, 0.2) is 0 Å². The molecular weight excluding hydrogens is 222 g/mol. The summed E-state index contributed by atoms with van der Waals surface area (Å²) in [6.45, 7) is 10.1. The van der Waals surface area contributed by atoms with E-state index in [1.807, 2.05) is 20.8 Å². The lowest BCUT2D eigenvalue weighted by Gasteiger charge is -2.14. The molecule has 0 heterocycles. The van der Waals surface area contributed by atoms with Gasteiger partial charge in [-0.3, -0.25) is 0 Å². The lowest BCUT2D eigenvalue weighted by molar-refractivity contribution is 0.942. The second-order valence-corrected chi connectivity index (χ2v) is 4.71. The number of rotatable bonds is 5. The summed E-state index contributed by atoms with van der Waals surface area (Å²) in [5.41, 5.74) is 12.5. The first-order valence-corrected chi connectivity index (χ1v) is 6.29. The van der Waals surface area contributed by atoms with Crippen LogP contribution in [0.4, 0.5) is 5.69 Å². The van der Waals surface area contributed by atoms with Crippen LogP contribution in [0.5, 0.6) is 0 Å². The Morgan fingerprint density at radius 2 is 1.67 bits per heavy atom. The van der Waals surface area contributed by atoms with Gasteiger partial charge in [0.1, 0.15) is 0 Å². The predicted octanol–water partition coefficient (Wildman–Crippen LogP) is 3.94. The number of benzene rings is 1. The minimum absolute atomic E-state index is 0.669. The van der Waals surface area contributed by atoms with Crippen molar-refractivity contribution >= 4 is 11.4 Å². The second-order valence-electron chi connectivity index (χ2n) is 4.71. The highest BCUT2D eigenvalue weighted by atomic mass is 15.4. The monoisotopic (exact) mass is 245 g/mol. The summed E-state index contributed by atoms with van der Waals surface area (Å²) in [5, 5.41) is 7.80. The molecule has 0 atom stereocenters. The van der Waals surface area contributed by atoms with Gasteiger partial charge in [-0.15, -0.1) is 0 Å². The summed E-state index contributed by atoms with van der Waals surface area (Å²) in [5.74, 6) is 0. The third-order valence-corrected chi connectivity index (χ3v) is 2.98. The Morgan fingerprint density at radius 1 is 1.11 bits per heavy atom. The van der Waals surface area contributed by atoms with Gasteiger partial charge in [0.25, 0.3) is 0 Å². The molecule has 1 aromatic rings. The summed E-state index contributed by atoms with van der Waals surface area (Å²) >= 11 is 0. The zero-order chi connectivity index (χ0) is 13.7. The molecule has 0 bridgehead atoms. The number of hydrogen-bond donors (Lipinski definition) is 3. The number of hydrazine groups is 1. The van der Waals surface area contributed by atoms with Crippen molar-refractivity contribution in [3.63, 3.8) is 0 Å². The Kier molecular flexibility index (Phi) is 4.95. The van der Waals surface area contributed by atoms with E-state index < -0.39 is 0 Å². The van der Waals surface area contributed by atoms with Gasteiger partial charge in [0.05, 0.1) is 5.69 Å². The molecule has 0 spiro atoms. The molecule has 98 valence electrons. The topological polar surface area (TPSA) is 47.9 Å². The normalized spacial score (nSPS) is 11.8. The van der Waals surface area contributed by atoms with Crippen LogP contribution >= 0.6 is 0 Å². The average molecular weight is 245 g/mol. The molecule has 0 saturated heterocycles. The van der Waals surface area contributed by atoms with Crippen molar-refractivity contribution < 1.29 is 0 Å². The molecule has 0 aliphatic heterocycles. The number of hydrogen-bond acceptors (Lipinski definition) is 3. The molecule has 0 fully saturated rings. The number of aryl methyl sites for hydroxylation is 2. The minimum Gasteiger partial charge on any atom is -0.305 e. The maximum Gasteiger partial charge on any atom is 0.0545 e. The second kappa shape index (κ2) is 6.24. The van der Waals surface area contributed by atoms with Gasteiger partial charge in [-0.05, 0) is 62.9 Å². The van der Waals surface area contributed by atoms with E-state index in [-0.39, 0.29) is 0 Å². The molecule has 3 nitrogen and oxygen atoms in total. The molecular formula is C15H23N3. The largest absolute Gasteiger partial charge is 0.305 e. The van der Waals surface area contributed by atoms with Gasteiger partial charge in [-0.1, -0.05) is 13.0 Å². The molecule has 3 N–H and O–H groups in total. The summed E-state index contributed by atoms with van der Waals surface area (Å²) in [7, 11) is 0. The first-order chi connectivity index (χ1) is 8.43. The quantitative estimate of drug-likeness (QED) is 0.543. The Balaban J connectivity index is 2.73. The van der Waals surface area contributed by atoms with Gasteiger partial charge < -0.3 is 16.3 Å². The van der Waals surface area contributed by atoms with Crippen molar-refractivity contribution in [3.8, 4) is 0 Å². The number of allylic oxidation sites excluding steroid dienone is 2. The summed E-state index contributed by atoms with van der Waals surface area (Å²) < 4.78 is 0. The highest BCUT2D eigenvalue weighted by Crippen LogP contribution is 2.13. The van der Waals surface area contributed by atoms with E-state index in [0.717, 1.165) is 23.4 Å². The van der Waals surface area contributed by atoms with Crippen LogP contribution in [0.3, 0.4) is 0 Å². The van der Waals surface area contributed by atoms with E-state index in [0.29, 0.717) is 5.71 Å². The summed E-state index contributed by atoms with van der Waals surface area (Å²) in [4.78, 5) is 0. The van der Waals surface area contributed by atoms with Crippen molar-refractivity contribution in [2.45, 2.75) is 41.0 Å². The van der Waals surface area contributed by atoms with Crippen molar-refractivity contribution in [2.24, 2.45) is 0 Å². The van der Waals surface area contributed by atoms with Gasteiger partial charge in [0.2, 0.25) is 0 Å². The van der Waals surface area contributed by atoms with Crippen molar-refractivity contribution in [1.82, 2.24) is 5.43 Å². The lowest BCUT2D eigenvalue weighted by Crippen LogP contribution is -2.22. The van der Waals surface area contributed by atoms with E-state index in [4.69, 9.17) is 5.41 Å². The van der Waals surface area contributed by atoms with E-state index in [2.05, 4.69) is 42.9 Å². The molecule has 0 radical (unpaired) electrons. The molecule has 0 aliphatic rings.